The van der Waals surface area contributed by atoms with Crippen LogP contribution in [0.25, 0.3) is 0 Å². The summed E-state index contributed by atoms with van der Waals surface area (Å²) in [5, 5.41) is 0. The van der Waals surface area contributed by atoms with Gasteiger partial charge in [0, 0.05) is 11.8 Å². The van der Waals surface area contributed by atoms with Crippen molar-refractivity contribution in [3.8, 4) is 0 Å². The summed E-state index contributed by atoms with van der Waals surface area (Å²) in [6.07, 6.45) is 2.59. The van der Waals surface area contributed by atoms with E-state index < -0.39 is 17.0 Å². The number of ketones is 1. The van der Waals surface area contributed by atoms with Gasteiger partial charge in [0.05, 0.1) is 19.3 Å². The Hall–Kier alpha value is -1.20. The standard InChI is InChI=1S/C14H22O5/c1-13(2,3)19-12(16)10-8-14(4,9-18-17-5)7-6-11(10)15/h8H,6-7,9H2,1-5H3/t14-/m1/s1. The van der Waals surface area contributed by atoms with Gasteiger partial charge in [-0.15, -0.1) is 0 Å². The van der Waals surface area contributed by atoms with E-state index in [4.69, 9.17) is 9.62 Å². The maximum Gasteiger partial charge on any atom is 0.341 e. The Balaban J connectivity index is 2.89. The second-order valence-corrected chi connectivity index (χ2v) is 6.07. The first kappa shape index (κ1) is 15.9. The van der Waals surface area contributed by atoms with Gasteiger partial charge >= 0.3 is 5.97 Å². The van der Waals surface area contributed by atoms with E-state index in [1.165, 1.54) is 7.11 Å². The van der Waals surface area contributed by atoms with E-state index in [2.05, 4.69) is 4.89 Å². The minimum atomic E-state index is -0.616. The monoisotopic (exact) mass is 270 g/mol. The molecule has 0 bridgehead atoms. The van der Waals surface area contributed by atoms with Gasteiger partial charge in [-0.3, -0.25) is 4.79 Å². The van der Waals surface area contributed by atoms with E-state index in [1.807, 2.05) is 6.92 Å². The van der Waals surface area contributed by atoms with Gasteiger partial charge in [0.1, 0.15) is 5.60 Å². The van der Waals surface area contributed by atoms with Crippen molar-refractivity contribution in [3.63, 3.8) is 0 Å². The highest BCUT2D eigenvalue weighted by molar-refractivity contribution is 6.17. The van der Waals surface area contributed by atoms with Gasteiger partial charge in [0.25, 0.3) is 0 Å². The molecule has 1 aliphatic rings. The molecular weight excluding hydrogens is 248 g/mol. The molecule has 1 rings (SSSR count). The van der Waals surface area contributed by atoms with Crippen LogP contribution in [0.2, 0.25) is 0 Å². The number of hydrogen-bond donors (Lipinski definition) is 0. The summed E-state index contributed by atoms with van der Waals surface area (Å²) >= 11 is 0. The van der Waals surface area contributed by atoms with Gasteiger partial charge in [-0.2, -0.15) is 0 Å². The Morgan fingerprint density at radius 3 is 2.58 bits per heavy atom. The molecule has 0 radical (unpaired) electrons. The molecule has 0 unspecified atom stereocenters. The van der Waals surface area contributed by atoms with E-state index >= 15 is 0 Å². The van der Waals surface area contributed by atoms with Crippen molar-refractivity contribution in [2.75, 3.05) is 13.7 Å². The lowest BCUT2D eigenvalue weighted by Gasteiger charge is -2.30. The first-order valence-corrected chi connectivity index (χ1v) is 6.32. The zero-order chi connectivity index (χ0) is 14.7. The van der Waals surface area contributed by atoms with Crippen molar-refractivity contribution in [2.45, 2.75) is 46.1 Å². The third-order valence-electron chi connectivity index (χ3n) is 2.84. The largest absolute Gasteiger partial charge is 0.456 e. The average Bonchev–Trinajstić information content (AvgIpc) is 2.28. The summed E-state index contributed by atoms with van der Waals surface area (Å²) in [7, 11) is 1.43. The quantitative estimate of drug-likeness (QED) is 0.339. The molecule has 0 saturated carbocycles. The van der Waals surface area contributed by atoms with Gasteiger partial charge in [0.15, 0.2) is 5.78 Å². The van der Waals surface area contributed by atoms with E-state index in [0.717, 1.165) is 0 Å². The zero-order valence-electron chi connectivity index (χ0n) is 12.2. The number of hydrogen-bond acceptors (Lipinski definition) is 5. The fraction of sp³-hybridized carbons (Fsp3) is 0.714. The normalized spacial score (nSPS) is 24.1. The van der Waals surface area contributed by atoms with Crippen LogP contribution < -0.4 is 0 Å². The Morgan fingerprint density at radius 1 is 1.42 bits per heavy atom. The summed E-state index contributed by atoms with van der Waals surface area (Å²) in [4.78, 5) is 33.4. The fourth-order valence-corrected chi connectivity index (χ4v) is 1.85. The maximum absolute atomic E-state index is 12.0. The molecule has 108 valence electrons. The van der Waals surface area contributed by atoms with Gasteiger partial charge in [-0.05, 0) is 27.2 Å². The van der Waals surface area contributed by atoms with Crippen LogP contribution in [0.3, 0.4) is 0 Å². The number of Topliss-reactive ketones (excluding diaryl/α,β-unsaturated/α-hetero) is 1. The van der Waals surface area contributed by atoms with E-state index in [9.17, 15) is 9.59 Å². The van der Waals surface area contributed by atoms with Crippen molar-refractivity contribution in [1.29, 1.82) is 0 Å². The highest BCUT2D eigenvalue weighted by Gasteiger charge is 2.35. The number of ether oxygens (including phenoxy) is 1. The number of esters is 1. The fourth-order valence-electron chi connectivity index (χ4n) is 1.85. The molecule has 0 spiro atoms. The van der Waals surface area contributed by atoms with Crippen LogP contribution in [0, 0.1) is 5.41 Å². The summed E-state index contributed by atoms with van der Waals surface area (Å²) in [5.41, 5.74) is -0.894. The highest BCUT2D eigenvalue weighted by Crippen LogP contribution is 2.33. The molecule has 1 aliphatic carbocycles. The second-order valence-electron chi connectivity index (χ2n) is 6.07. The van der Waals surface area contributed by atoms with Crippen LogP contribution in [-0.2, 0) is 24.1 Å². The first-order valence-electron chi connectivity index (χ1n) is 6.32. The SMILES string of the molecule is COOC[C@@]1(C)C=C(C(=O)OC(C)(C)C)C(=O)CC1. The topological polar surface area (TPSA) is 61.8 Å². The molecular formula is C14H22O5. The molecule has 0 heterocycles. The van der Waals surface area contributed by atoms with Crippen molar-refractivity contribution in [3.05, 3.63) is 11.6 Å². The van der Waals surface area contributed by atoms with Gasteiger partial charge in [0.2, 0.25) is 0 Å². The molecule has 5 nitrogen and oxygen atoms in total. The van der Waals surface area contributed by atoms with Crippen LogP contribution in [-0.4, -0.2) is 31.1 Å². The van der Waals surface area contributed by atoms with Gasteiger partial charge in [-0.1, -0.05) is 13.0 Å². The third kappa shape index (κ3) is 4.76. The second kappa shape index (κ2) is 5.84. The lowest BCUT2D eigenvalue weighted by molar-refractivity contribution is -0.285. The molecule has 0 amide bonds. The molecule has 0 aromatic rings. The van der Waals surface area contributed by atoms with Crippen LogP contribution in [0.1, 0.15) is 40.5 Å². The summed E-state index contributed by atoms with van der Waals surface area (Å²) < 4.78 is 5.25. The molecule has 0 saturated heterocycles. The third-order valence-corrected chi connectivity index (χ3v) is 2.84. The summed E-state index contributed by atoms with van der Waals surface area (Å²) in [6.45, 7) is 7.52. The summed E-state index contributed by atoms with van der Waals surface area (Å²) in [6, 6.07) is 0. The number of rotatable bonds is 4. The smallest absolute Gasteiger partial charge is 0.341 e. The van der Waals surface area contributed by atoms with E-state index in [0.29, 0.717) is 19.4 Å². The Morgan fingerprint density at radius 2 is 2.05 bits per heavy atom. The zero-order valence-corrected chi connectivity index (χ0v) is 12.2. The predicted octanol–water partition coefficient (Wildman–Crippen LogP) is 2.20. The molecule has 19 heavy (non-hydrogen) atoms. The maximum atomic E-state index is 12.0. The van der Waals surface area contributed by atoms with Gasteiger partial charge < -0.3 is 4.74 Å². The number of carbonyl (C=O) groups excluding carboxylic acids is 2. The lowest BCUT2D eigenvalue weighted by Crippen LogP contribution is -2.33. The molecule has 0 aliphatic heterocycles. The van der Waals surface area contributed by atoms with Crippen molar-refractivity contribution < 1.29 is 24.1 Å². The molecule has 0 aromatic carbocycles. The summed E-state index contributed by atoms with van der Waals surface area (Å²) in [5.74, 6) is -0.745. The van der Waals surface area contributed by atoms with Crippen LogP contribution >= 0.6 is 0 Å². The van der Waals surface area contributed by atoms with Crippen LogP contribution in [0.4, 0.5) is 0 Å². The minimum absolute atomic E-state index is 0.114. The van der Waals surface area contributed by atoms with Crippen LogP contribution in [0.15, 0.2) is 11.6 Å². The van der Waals surface area contributed by atoms with Crippen molar-refractivity contribution in [1.82, 2.24) is 0 Å². The van der Waals surface area contributed by atoms with E-state index in [1.54, 1.807) is 26.8 Å². The number of carbonyl (C=O) groups is 2. The molecule has 0 fully saturated rings. The predicted molar refractivity (Wildman–Crippen MR) is 69.2 cm³/mol. The molecule has 0 N–H and O–H groups in total. The van der Waals surface area contributed by atoms with E-state index in [-0.39, 0.29) is 11.4 Å². The highest BCUT2D eigenvalue weighted by atomic mass is 17.2. The van der Waals surface area contributed by atoms with Gasteiger partial charge in [-0.25, -0.2) is 14.6 Å². The Bertz CT molecular complexity index is 391. The van der Waals surface area contributed by atoms with Crippen molar-refractivity contribution >= 4 is 11.8 Å². The molecule has 0 aromatic heterocycles. The average molecular weight is 270 g/mol. The Kier molecular flexibility index (Phi) is 4.87. The molecule has 1 atom stereocenters. The molecule has 5 heteroatoms. The first-order chi connectivity index (χ1) is 8.67. The van der Waals surface area contributed by atoms with Crippen LogP contribution in [0.5, 0.6) is 0 Å². The lowest BCUT2D eigenvalue weighted by atomic mass is 9.78. The minimum Gasteiger partial charge on any atom is -0.456 e. The van der Waals surface area contributed by atoms with Crippen molar-refractivity contribution in [2.24, 2.45) is 5.41 Å². The Labute approximate surface area is 113 Å².